The number of amides is 1. The van der Waals surface area contributed by atoms with Crippen molar-refractivity contribution in [2.75, 3.05) is 11.9 Å². The normalized spacial score (nSPS) is 21.7. The molecule has 0 unspecified atom stereocenters. The van der Waals surface area contributed by atoms with Gasteiger partial charge in [-0.15, -0.1) is 0 Å². The SMILES string of the molecule is CN(c1ccc(C(F)(F)F)cn1)[C@@H]1C[C@H]2CC[C@@H]1N2C(=O)c1cccc(F)c1-c1ncccn1. The molecule has 2 aliphatic heterocycles. The van der Waals surface area contributed by atoms with E-state index in [1.165, 1.54) is 30.6 Å². The van der Waals surface area contributed by atoms with Gasteiger partial charge in [-0.2, -0.15) is 13.2 Å². The van der Waals surface area contributed by atoms with Crippen LogP contribution in [0.25, 0.3) is 11.4 Å². The van der Waals surface area contributed by atoms with Gasteiger partial charge in [-0.05, 0) is 49.6 Å². The summed E-state index contributed by atoms with van der Waals surface area (Å²) in [6.07, 6.45) is 1.56. The molecule has 0 N–H and O–H groups in total. The number of carbonyl (C=O) groups is 1. The highest BCUT2D eigenvalue weighted by molar-refractivity contribution is 6.01. The fourth-order valence-electron chi connectivity index (χ4n) is 5.12. The van der Waals surface area contributed by atoms with E-state index in [-0.39, 0.29) is 41.0 Å². The Morgan fingerprint density at radius 1 is 1.06 bits per heavy atom. The summed E-state index contributed by atoms with van der Waals surface area (Å²) in [6, 6.07) is 7.97. The highest BCUT2D eigenvalue weighted by Gasteiger charge is 2.50. The Labute approximate surface area is 193 Å². The van der Waals surface area contributed by atoms with Crippen molar-refractivity contribution in [3.05, 3.63) is 71.9 Å². The third-order valence-electron chi connectivity index (χ3n) is 6.71. The van der Waals surface area contributed by atoms with E-state index < -0.39 is 17.6 Å². The van der Waals surface area contributed by atoms with Gasteiger partial charge >= 0.3 is 6.18 Å². The molecule has 2 saturated heterocycles. The van der Waals surface area contributed by atoms with E-state index in [9.17, 15) is 22.4 Å². The first-order valence-electron chi connectivity index (χ1n) is 10.9. The zero-order valence-electron chi connectivity index (χ0n) is 18.2. The van der Waals surface area contributed by atoms with Crippen LogP contribution >= 0.6 is 0 Å². The molecule has 34 heavy (non-hydrogen) atoms. The summed E-state index contributed by atoms with van der Waals surface area (Å²) in [4.78, 5) is 29.5. The lowest BCUT2D eigenvalue weighted by Crippen LogP contribution is -2.44. The largest absolute Gasteiger partial charge is 0.417 e. The number of hydrogen-bond acceptors (Lipinski definition) is 5. The van der Waals surface area contributed by atoms with Crippen LogP contribution in [0, 0.1) is 5.82 Å². The molecule has 1 aromatic carbocycles. The molecule has 4 heterocycles. The number of benzene rings is 1. The zero-order chi connectivity index (χ0) is 24.0. The molecule has 2 aromatic heterocycles. The summed E-state index contributed by atoms with van der Waals surface area (Å²) in [6.45, 7) is 0. The minimum Gasteiger partial charge on any atom is -0.355 e. The van der Waals surface area contributed by atoms with Gasteiger partial charge < -0.3 is 9.80 Å². The van der Waals surface area contributed by atoms with Gasteiger partial charge in [0.15, 0.2) is 5.82 Å². The summed E-state index contributed by atoms with van der Waals surface area (Å²) >= 11 is 0. The highest BCUT2D eigenvalue weighted by atomic mass is 19.4. The maximum Gasteiger partial charge on any atom is 0.417 e. The molecule has 0 spiro atoms. The number of anilines is 1. The van der Waals surface area contributed by atoms with Crippen LogP contribution in [-0.2, 0) is 6.18 Å². The molecule has 3 aromatic rings. The second-order valence-electron chi connectivity index (χ2n) is 8.56. The van der Waals surface area contributed by atoms with Gasteiger partial charge in [-0.3, -0.25) is 4.79 Å². The molecule has 1 amide bonds. The second-order valence-corrected chi connectivity index (χ2v) is 8.56. The summed E-state index contributed by atoms with van der Waals surface area (Å²) in [5.41, 5.74) is -0.552. The van der Waals surface area contributed by atoms with Crippen molar-refractivity contribution in [2.24, 2.45) is 0 Å². The third kappa shape index (κ3) is 3.76. The number of pyridine rings is 1. The van der Waals surface area contributed by atoms with E-state index in [4.69, 9.17) is 0 Å². The van der Waals surface area contributed by atoms with Gasteiger partial charge in [-0.1, -0.05) is 6.07 Å². The van der Waals surface area contributed by atoms with Crippen LogP contribution in [0.1, 0.15) is 35.2 Å². The van der Waals surface area contributed by atoms with Gasteiger partial charge in [0, 0.05) is 31.7 Å². The Balaban J connectivity index is 1.42. The molecule has 2 fully saturated rings. The lowest BCUT2D eigenvalue weighted by molar-refractivity contribution is -0.137. The quantitative estimate of drug-likeness (QED) is 0.522. The van der Waals surface area contributed by atoms with E-state index in [0.29, 0.717) is 12.2 Å². The molecule has 2 aliphatic rings. The number of alkyl halides is 3. The number of aromatic nitrogens is 3. The van der Waals surface area contributed by atoms with Crippen LogP contribution in [0.2, 0.25) is 0 Å². The molecule has 176 valence electrons. The number of carbonyl (C=O) groups excluding carboxylic acids is 1. The van der Waals surface area contributed by atoms with Crippen LogP contribution in [0.5, 0.6) is 0 Å². The van der Waals surface area contributed by atoms with Gasteiger partial charge in [0.25, 0.3) is 5.91 Å². The standard InChI is InChI=1S/C24H21F4N5O/c1-32(20-9-6-14(13-31-20)24(26,27)28)19-12-15-7-8-18(19)33(15)23(34)16-4-2-5-17(25)21(16)22-29-10-3-11-30-22/h2-6,9-11,13,15,18-19H,7-8,12H2,1H3/t15-,18+,19-/m1/s1. The minimum atomic E-state index is -4.45. The Bertz CT molecular complexity index is 1200. The molecule has 6 nitrogen and oxygen atoms in total. The van der Waals surface area contributed by atoms with Crippen LogP contribution in [0.3, 0.4) is 0 Å². The average molecular weight is 471 g/mol. The molecule has 0 aliphatic carbocycles. The summed E-state index contributed by atoms with van der Waals surface area (Å²) < 4.78 is 53.5. The lowest BCUT2D eigenvalue weighted by Gasteiger charge is -2.32. The summed E-state index contributed by atoms with van der Waals surface area (Å²) in [7, 11) is 1.77. The van der Waals surface area contributed by atoms with Crippen molar-refractivity contribution in [3.63, 3.8) is 0 Å². The third-order valence-corrected chi connectivity index (χ3v) is 6.71. The van der Waals surface area contributed by atoms with E-state index >= 15 is 0 Å². The first kappa shape index (κ1) is 22.2. The molecule has 3 atom stereocenters. The molecular formula is C24H21F4N5O. The van der Waals surface area contributed by atoms with Crippen LogP contribution in [0.4, 0.5) is 23.4 Å². The number of likely N-dealkylation sites (N-methyl/N-ethyl adjacent to an activating group) is 1. The fourth-order valence-corrected chi connectivity index (χ4v) is 5.12. The topological polar surface area (TPSA) is 62.2 Å². The second kappa shape index (κ2) is 8.34. The number of nitrogens with zero attached hydrogens (tertiary/aromatic N) is 5. The van der Waals surface area contributed by atoms with E-state index in [1.807, 2.05) is 4.90 Å². The van der Waals surface area contributed by atoms with Crippen molar-refractivity contribution in [3.8, 4) is 11.4 Å². The van der Waals surface area contributed by atoms with E-state index in [2.05, 4.69) is 15.0 Å². The van der Waals surface area contributed by atoms with Crippen LogP contribution in [-0.4, -0.2) is 50.9 Å². The first-order chi connectivity index (χ1) is 16.3. The molecular weight excluding hydrogens is 450 g/mol. The van der Waals surface area contributed by atoms with E-state index in [1.54, 1.807) is 24.1 Å². The number of halogens is 4. The lowest BCUT2D eigenvalue weighted by atomic mass is 9.94. The van der Waals surface area contributed by atoms with Crippen molar-refractivity contribution in [1.82, 2.24) is 19.9 Å². The monoisotopic (exact) mass is 471 g/mol. The molecule has 2 bridgehead atoms. The highest BCUT2D eigenvalue weighted by Crippen LogP contribution is 2.42. The van der Waals surface area contributed by atoms with Gasteiger partial charge in [0.2, 0.25) is 0 Å². The molecule has 0 radical (unpaired) electrons. The molecule has 10 heteroatoms. The fraction of sp³-hybridized carbons (Fsp3) is 0.333. The Morgan fingerprint density at radius 2 is 1.82 bits per heavy atom. The molecule has 5 rings (SSSR count). The summed E-state index contributed by atoms with van der Waals surface area (Å²) in [5.74, 6) is -0.336. The maximum absolute atomic E-state index is 14.8. The van der Waals surface area contributed by atoms with Crippen LogP contribution < -0.4 is 4.90 Å². The van der Waals surface area contributed by atoms with Crippen molar-refractivity contribution in [1.29, 1.82) is 0 Å². The smallest absolute Gasteiger partial charge is 0.355 e. The predicted octanol–water partition coefficient (Wildman–Crippen LogP) is 4.58. The minimum absolute atomic E-state index is 0.0489. The Morgan fingerprint density at radius 3 is 2.50 bits per heavy atom. The van der Waals surface area contributed by atoms with Gasteiger partial charge in [0.05, 0.1) is 28.8 Å². The van der Waals surface area contributed by atoms with E-state index in [0.717, 1.165) is 25.1 Å². The zero-order valence-corrected chi connectivity index (χ0v) is 18.2. The number of fused-ring (bicyclic) bond motifs is 2. The molecule has 0 saturated carbocycles. The predicted molar refractivity (Wildman–Crippen MR) is 116 cm³/mol. The Hall–Kier alpha value is -3.56. The average Bonchev–Trinajstić information content (AvgIpc) is 3.41. The first-order valence-corrected chi connectivity index (χ1v) is 10.9. The Kier molecular flexibility index (Phi) is 5.45. The summed E-state index contributed by atoms with van der Waals surface area (Å²) in [5, 5.41) is 0. The van der Waals surface area contributed by atoms with Crippen molar-refractivity contribution in [2.45, 2.75) is 43.6 Å². The number of rotatable bonds is 4. The number of hydrogen-bond donors (Lipinski definition) is 0. The van der Waals surface area contributed by atoms with Crippen LogP contribution in [0.15, 0.2) is 55.0 Å². The van der Waals surface area contributed by atoms with Gasteiger partial charge in [-0.25, -0.2) is 19.3 Å². The van der Waals surface area contributed by atoms with Crippen molar-refractivity contribution >= 4 is 11.7 Å². The van der Waals surface area contributed by atoms with Gasteiger partial charge in [0.1, 0.15) is 11.6 Å². The van der Waals surface area contributed by atoms with Crippen molar-refractivity contribution < 1.29 is 22.4 Å². The maximum atomic E-state index is 14.8.